The van der Waals surface area contributed by atoms with E-state index in [0.717, 1.165) is 5.57 Å². The number of aromatic nitrogens is 1. The number of cyclic esters (lactones) is 1. The quantitative estimate of drug-likeness (QED) is 0.459. The Morgan fingerprint density at radius 2 is 1.90 bits per heavy atom. The van der Waals surface area contributed by atoms with Crippen LogP contribution in [0.3, 0.4) is 0 Å². The number of amides is 2. The number of aryl methyl sites for hydroxylation is 1. The van der Waals surface area contributed by atoms with Crippen LogP contribution in [-0.4, -0.2) is 75.3 Å². The minimum Gasteiger partial charge on any atom is -0.460 e. The highest BCUT2D eigenvalue weighted by Gasteiger charge is 2.39. The molecule has 2 bridgehead atoms. The molecule has 3 N–H and O–H groups in total. The molecule has 214 valence electrons. The largest absolute Gasteiger partial charge is 0.460 e. The maximum absolute atomic E-state index is 13.4. The average molecular weight is 544 g/mol. The number of hydrogen-bond donors (Lipinski definition) is 3. The first-order valence-electron chi connectivity index (χ1n) is 13.6. The van der Waals surface area contributed by atoms with E-state index < -0.39 is 36.2 Å². The molecule has 3 heterocycles. The lowest BCUT2D eigenvalue weighted by Crippen LogP contribution is -2.44. The van der Waals surface area contributed by atoms with Gasteiger partial charge in [-0.2, -0.15) is 0 Å². The summed E-state index contributed by atoms with van der Waals surface area (Å²) in [5.41, 5.74) is 0.868. The van der Waals surface area contributed by atoms with Crippen molar-refractivity contribution < 1.29 is 33.8 Å². The van der Waals surface area contributed by atoms with Crippen molar-refractivity contribution in [3.8, 4) is 0 Å². The van der Waals surface area contributed by atoms with Gasteiger partial charge in [0.25, 0.3) is 5.91 Å². The molecule has 2 aliphatic heterocycles. The van der Waals surface area contributed by atoms with E-state index in [1.165, 1.54) is 11.0 Å². The van der Waals surface area contributed by atoms with Gasteiger partial charge in [-0.05, 0) is 38.7 Å². The van der Waals surface area contributed by atoms with Crippen molar-refractivity contribution in [2.75, 3.05) is 13.1 Å². The average Bonchev–Trinajstić information content (AvgIpc) is 3.49. The predicted molar refractivity (Wildman–Crippen MR) is 145 cm³/mol. The lowest BCUT2D eigenvalue weighted by atomic mass is 9.94. The number of oxazole rings is 1. The van der Waals surface area contributed by atoms with E-state index >= 15 is 0 Å². The zero-order chi connectivity index (χ0) is 28.7. The molecule has 3 rings (SSSR count). The summed E-state index contributed by atoms with van der Waals surface area (Å²) in [7, 11) is 0. The molecule has 0 spiro atoms. The zero-order valence-corrected chi connectivity index (χ0v) is 23.4. The molecule has 2 aliphatic rings. The van der Waals surface area contributed by atoms with Crippen LogP contribution in [0.4, 0.5) is 0 Å². The Kier molecular flexibility index (Phi) is 10.7. The molecule has 0 saturated carbocycles. The fourth-order valence-electron chi connectivity index (χ4n) is 4.99. The second-order valence-electron chi connectivity index (χ2n) is 10.8. The second-order valence-corrected chi connectivity index (χ2v) is 10.8. The molecule has 0 aromatic carbocycles. The van der Waals surface area contributed by atoms with Crippen molar-refractivity contribution in [3.05, 3.63) is 53.3 Å². The molecule has 10 nitrogen and oxygen atoms in total. The van der Waals surface area contributed by atoms with Crippen LogP contribution in [0.15, 0.2) is 40.4 Å². The number of carbonyl (C=O) groups is 3. The summed E-state index contributed by atoms with van der Waals surface area (Å²) in [5.74, 6) is -0.957. The summed E-state index contributed by atoms with van der Waals surface area (Å²) in [6, 6.07) is -0.748. The molecule has 1 saturated heterocycles. The summed E-state index contributed by atoms with van der Waals surface area (Å²) in [6.45, 7) is 9.88. The monoisotopic (exact) mass is 543 g/mol. The van der Waals surface area contributed by atoms with Gasteiger partial charge in [-0.15, -0.1) is 0 Å². The number of allylic oxidation sites excluding steroid dienone is 2. The first kappa shape index (κ1) is 30.3. The molecule has 2 amide bonds. The smallest absolute Gasteiger partial charge is 0.329 e. The number of ether oxygens (including phenoxy) is 1. The maximum atomic E-state index is 13.4. The topological polar surface area (TPSA) is 142 Å². The lowest BCUT2D eigenvalue weighted by molar-refractivity contribution is -0.158. The van der Waals surface area contributed by atoms with Crippen molar-refractivity contribution in [3.63, 3.8) is 0 Å². The van der Waals surface area contributed by atoms with E-state index in [9.17, 15) is 24.6 Å². The van der Waals surface area contributed by atoms with Crippen LogP contribution in [0.2, 0.25) is 0 Å². The van der Waals surface area contributed by atoms with Crippen LogP contribution in [0.25, 0.3) is 0 Å². The number of rotatable bonds is 1. The fourth-order valence-corrected chi connectivity index (χ4v) is 4.99. The van der Waals surface area contributed by atoms with Gasteiger partial charge in [-0.25, -0.2) is 9.78 Å². The van der Waals surface area contributed by atoms with Crippen molar-refractivity contribution in [1.29, 1.82) is 0 Å². The Bertz CT molecular complexity index is 1120. The Morgan fingerprint density at radius 1 is 1.15 bits per heavy atom. The fraction of sp³-hybridized carbons (Fsp3) is 0.586. The van der Waals surface area contributed by atoms with E-state index in [1.807, 2.05) is 27.7 Å². The highest BCUT2D eigenvalue weighted by molar-refractivity contribution is 5.96. The molecule has 5 atom stereocenters. The minimum atomic E-state index is -0.953. The van der Waals surface area contributed by atoms with E-state index in [-0.39, 0.29) is 42.2 Å². The van der Waals surface area contributed by atoms with Gasteiger partial charge in [-0.1, -0.05) is 50.6 Å². The molecule has 10 heteroatoms. The molecule has 0 radical (unpaired) electrons. The first-order chi connectivity index (χ1) is 18.5. The number of esters is 1. The number of carbonyl (C=O) groups excluding carboxylic acids is 3. The van der Waals surface area contributed by atoms with Crippen molar-refractivity contribution >= 4 is 17.8 Å². The van der Waals surface area contributed by atoms with Gasteiger partial charge in [0, 0.05) is 25.4 Å². The Balaban J connectivity index is 1.88. The third-order valence-corrected chi connectivity index (χ3v) is 6.96. The molecule has 1 aromatic heterocycles. The van der Waals surface area contributed by atoms with Gasteiger partial charge < -0.3 is 29.6 Å². The molecule has 2 unspecified atom stereocenters. The summed E-state index contributed by atoms with van der Waals surface area (Å²) >= 11 is 0. The molecular weight excluding hydrogens is 502 g/mol. The van der Waals surface area contributed by atoms with Gasteiger partial charge in [0.15, 0.2) is 11.6 Å². The predicted octanol–water partition coefficient (Wildman–Crippen LogP) is 2.63. The van der Waals surface area contributed by atoms with Crippen LogP contribution < -0.4 is 5.32 Å². The summed E-state index contributed by atoms with van der Waals surface area (Å²) < 4.78 is 11.6. The minimum absolute atomic E-state index is 0.0171. The SMILES string of the molecule is CC1=C/[C@@H](O)CC(O)Cc2nc(c(C)o2)C(=O)N2CCCC2C(=O)O[C@H](C(C)C)[C@H](C)/C=C\C(=O)NC/C=C\1. The van der Waals surface area contributed by atoms with Crippen LogP contribution in [0, 0.1) is 18.8 Å². The maximum Gasteiger partial charge on any atom is 0.329 e. The summed E-state index contributed by atoms with van der Waals surface area (Å²) in [6.07, 6.45) is 7.15. The summed E-state index contributed by atoms with van der Waals surface area (Å²) in [5, 5.41) is 23.6. The van der Waals surface area contributed by atoms with Crippen molar-refractivity contribution in [1.82, 2.24) is 15.2 Å². The van der Waals surface area contributed by atoms with Gasteiger partial charge in [0.2, 0.25) is 5.91 Å². The number of aliphatic hydroxyl groups is 2. The number of fused-ring (bicyclic) bond motifs is 3. The Labute approximate surface area is 229 Å². The van der Waals surface area contributed by atoms with Crippen LogP contribution in [-0.2, 0) is 20.7 Å². The Hall–Kier alpha value is -3.24. The highest BCUT2D eigenvalue weighted by Crippen LogP contribution is 2.26. The second kappa shape index (κ2) is 13.7. The number of nitrogens with one attached hydrogen (secondary N) is 1. The van der Waals surface area contributed by atoms with Gasteiger partial charge >= 0.3 is 5.97 Å². The van der Waals surface area contributed by atoms with E-state index in [0.29, 0.717) is 31.7 Å². The van der Waals surface area contributed by atoms with Crippen LogP contribution in [0.5, 0.6) is 0 Å². The van der Waals surface area contributed by atoms with Gasteiger partial charge in [0.1, 0.15) is 17.9 Å². The molecule has 1 fully saturated rings. The third-order valence-electron chi connectivity index (χ3n) is 6.96. The highest BCUT2D eigenvalue weighted by atomic mass is 16.5. The molecule has 39 heavy (non-hydrogen) atoms. The Morgan fingerprint density at radius 3 is 2.62 bits per heavy atom. The van der Waals surface area contributed by atoms with E-state index in [2.05, 4.69) is 10.3 Å². The van der Waals surface area contributed by atoms with Crippen molar-refractivity contribution in [2.24, 2.45) is 11.8 Å². The number of aliphatic hydroxyl groups excluding tert-OH is 2. The molecule has 1 aromatic rings. The van der Waals surface area contributed by atoms with E-state index in [1.54, 1.807) is 31.2 Å². The number of nitrogens with zero attached hydrogens (tertiary/aromatic N) is 2. The zero-order valence-electron chi connectivity index (χ0n) is 23.4. The van der Waals surface area contributed by atoms with Crippen LogP contribution >= 0.6 is 0 Å². The third kappa shape index (κ3) is 8.37. The van der Waals surface area contributed by atoms with Gasteiger partial charge in [-0.3, -0.25) is 9.59 Å². The normalized spacial score (nSPS) is 31.2. The first-order valence-corrected chi connectivity index (χ1v) is 13.6. The van der Waals surface area contributed by atoms with Crippen molar-refractivity contribution in [2.45, 2.75) is 84.7 Å². The van der Waals surface area contributed by atoms with E-state index in [4.69, 9.17) is 9.15 Å². The lowest BCUT2D eigenvalue weighted by Gasteiger charge is -2.29. The molecule has 0 aliphatic carbocycles. The van der Waals surface area contributed by atoms with Crippen LogP contribution in [0.1, 0.15) is 69.1 Å². The molecular formula is C29H41N3O7. The summed E-state index contributed by atoms with van der Waals surface area (Å²) in [4.78, 5) is 44.8. The standard InChI is InChI=1S/C29H41N3O7/c1-17(2)27-19(4)10-11-24(35)30-12-6-8-18(3)14-21(33)15-22(34)16-25-31-26(20(5)38-25)28(36)32-13-7-9-23(32)29(37)39-27/h6,8,10-11,14,17,19,21-23,27,33-34H,7,9,12-13,15-16H2,1-5H3,(H,30,35)/b8-6-,11-10-,18-14-/t19-,21-,22?,23?,27-/m1/s1. The number of hydrogen-bond acceptors (Lipinski definition) is 8. The van der Waals surface area contributed by atoms with Gasteiger partial charge in [0.05, 0.1) is 18.6 Å².